The number of nitrogens with two attached hydrogens (primary N) is 3. The quantitative estimate of drug-likeness (QED) is 0.102. The normalized spacial score (nSPS) is 13.8. The van der Waals surface area contributed by atoms with E-state index in [1.165, 1.54) is 23.9 Å². The van der Waals surface area contributed by atoms with Gasteiger partial charge in [0, 0.05) is 6.42 Å². The molecular formula is C23H34N6O8S. The van der Waals surface area contributed by atoms with Crippen LogP contribution in [0, 0.1) is 0 Å². The standard InChI is InChI=1S/C23H34N6O8S/c1-38-9-8-16(22(35)29-17(23(36)37)11-19(26)32)28-21(34)15(6-7-18(25)31)27-20(33)14(24)10-12-2-4-13(30)5-3-12/h2-5,14-17,30H,6-11,24H2,1H3,(H2,25,31)(H2,26,32)(H,27,33)(H,28,34)(H,29,35)(H,36,37). The van der Waals surface area contributed by atoms with Crippen LogP contribution in [0.5, 0.6) is 5.75 Å². The fourth-order valence-corrected chi connectivity index (χ4v) is 3.73. The number of hydrogen-bond acceptors (Lipinski definition) is 9. The van der Waals surface area contributed by atoms with Crippen LogP contribution in [0.25, 0.3) is 0 Å². The van der Waals surface area contributed by atoms with Gasteiger partial charge in [-0.25, -0.2) is 4.79 Å². The molecule has 0 radical (unpaired) electrons. The minimum atomic E-state index is -1.60. The summed E-state index contributed by atoms with van der Waals surface area (Å²) in [7, 11) is 0. The number of thioether (sulfide) groups is 1. The Bertz CT molecular complexity index is 1010. The molecule has 0 saturated heterocycles. The van der Waals surface area contributed by atoms with E-state index in [1.807, 2.05) is 0 Å². The smallest absolute Gasteiger partial charge is 0.326 e. The fraction of sp³-hybridized carbons (Fsp3) is 0.478. The van der Waals surface area contributed by atoms with Crippen molar-refractivity contribution in [2.45, 2.75) is 56.3 Å². The summed E-state index contributed by atoms with van der Waals surface area (Å²) in [5, 5.41) is 25.8. The summed E-state index contributed by atoms with van der Waals surface area (Å²) in [6.45, 7) is 0. The van der Waals surface area contributed by atoms with Crippen LogP contribution in [0.3, 0.4) is 0 Å². The SMILES string of the molecule is CSCCC(NC(=O)C(CCC(N)=O)NC(=O)C(N)Cc1ccc(O)cc1)C(=O)NC(CC(N)=O)C(=O)O. The third-order valence-electron chi connectivity index (χ3n) is 5.30. The number of nitrogens with one attached hydrogen (secondary N) is 3. The second-order valence-electron chi connectivity index (χ2n) is 8.46. The van der Waals surface area contributed by atoms with Gasteiger partial charge < -0.3 is 43.4 Å². The van der Waals surface area contributed by atoms with Gasteiger partial charge in [0.2, 0.25) is 29.5 Å². The molecule has 0 spiro atoms. The highest BCUT2D eigenvalue weighted by Gasteiger charge is 2.31. The van der Waals surface area contributed by atoms with Gasteiger partial charge in [0.25, 0.3) is 0 Å². The van der Waals surface area contributed by atoms with Crippen LogP contribution < -0.4 is 33.2 Å². The van der Waals surface area contributed by atoms with Gasteiger partial charge in [0.15, 0.2) is 0 Å². The molecule has 0 aliphatic rings. The van der Waals surface area contributed by atoms with Crippen molar-refractivity contribution in [2.24, 2.45) is 17.2 Å². The Labute approximate surface area is 223 Å². The Balaban J connectivity index is 2.99. The first-order valence-corrected chi connectivity index (χ1v) is 13.0. The molecule has 0 fully saturated rings. The van der Waals surface area contributed by atoms with Crippen molar-refractivity contribution in [3.8, 4) is 5.75 Å². The zero-order valence-electron chi connectivity index (χ0n) is 20.8. The molecule has 210 valence electrons. The van der Waals surface area contributed by atoms with Crippen LogP contribution in [-0.4, -0.2) is 81.9 Å². The minimum Gasteiger partial charge on any atom is -0.508 e. The molecule has 11 N–H and O–H groups in total. The number of hydrogen-bond donors (Lipinski definition) is 8. The van der Waals surface area contributed by atoms with Crippen molar-refractivity contribution in [1.82, 2.24) is 16.0 Å². The van der Waals surface area contributed by atoms with Crippen molar-refractivity contribution in [2.75, 3.05) is 12.0 Å². The number of rotatable bonds is 17. The lowest BCUT2D eigenvalue weighted by Gasteiger charge is -2.25. The van der Waals surface area contributed by atoms with Crippen LogP contribution in [0.1, 0.15) is 31.2 Å². The van der Waals surface area contributed by atoms with E-state index in [0.29, 0.717) is 11.3 Å². The van der Waals surface area contributed by atoms with E-state index < -0.39 is 66.1 Å². The molecule has 15 heteroatoms. The van der Waals surface area contributed by atoms with Gasteiger partial charge >= 0.3 is 5.97 Å². The highest BCUT2D eigenvalue weighted by molar-refractivity contribution is 7.98. The first kappa shape index (κ1) is 32.2. The lowest BCUT2D eigenvalue weighted by Crippen LogP contribution is -2.57. The number of primary amides is 2. The summed E-state index contributed by atoms with van der Waals surface area (Å²) in [6.07, 6.45) is 0.849. The molecule has 0 saturated carbocycles. The molecule has 0 bridgehead atoms. The number of aliphatic carboxylic acids is 1. The fourth-order valence-electron chi connectivity index (χ4n) is 3.26. The largest absolute Gasteiger partial charge is 0.508 e. The maximum atomic E-state index is 13.1. The van der Waals surface area contributed by atoms with E-state index in [0.717, 1.165) is 0 Å². The highest BCUT2D eigenvalue weighted by Crippen LogP contribution is 2.11. The summed E-state index contributed by atoms with van der Waals surface area (Å²) in [5.74, 6) is -5.11. The van der Waals surface area contributed by atoms with Crippen LogP contribution in [0.15, 0.2) is 24.3 Å². The topological polar surface area (TPSA) is 257 Å². The second kappa shape index (κ2) is 16.1. The van der Waals surface area contributed by atoms with E-state index in [9.17, 15) is 39.0 Å². The van der Waals surface area contributed by atoms with Gasteiger partial charge in [-0.05, 0) is 49.0 Å². The van der Waals surface area contributed by atoms with Crippen molar-refractivity contribution < 1.29 is 39.0 Å². The lowest BCUT2D eigenvalue weighted by molar-refractivity contribution is -0.143. The van der Waals surface area contributed by atoms with Gasteiger partial charge in [0.1, 0.15) is 23.9 Å². The van der Waals surface area contributed by atoms with Gasteiger partial charge in [-0.2, -0.15) is 11.8 Å². The number of amides is 5. The highest BCUT2D eigenvalue weighted by atomic mass is 32.2. The van der Waals surface area contributed by atoms with Crippen molar-refractivity contribution in [3.05, 3.63) is 29.8 Å². The van der Waals surface area contributed by atoms with E-state index in [4.69, 9.17) is 17.2 Å². The molecule has 14 nitrogen and oxygen atoms in total. The van der Waals surface area contributed by atoms with E-state index in [-0.39, 0.29) is 31.4 Å². The van der Waals surface area contributed by atoms with E-state index >= 15 is 0 Å². The molecule has 0 aromatic heterocycles. The first-order valence-electron chi connectivity index (χ1n) is 11.6. The molecule has 4 atom stereocenters. The number of phenolic OH excluding ortho intramolecular Hbond substituents is 1. The summed E-state index contributed by atoms with van der Waals surface area (Å²) in [6, 6.07) is 0.840. The van der Waals surface area contributed by atoms with Crippen molar-refractivity contribution in [3.63, 3.8) is 0 Å². The Morgan fingerprint density at radius 2 is 1.37 bits per heavy atom. The van der Waals surface area contributed by atoms with Crippen molar-refractivity contribution >= 4 is 47.3 Å². The maximum Gasteiger partial charge on any atom is 0.326 e. The average molecular weight is 555 g/mol. The molecule has 0 aliphatic carbocycles. The number of carbonyl (C=O) groups is 6. The minimum absolute atomic E-state index is 0.0410. The Morgan fingerprint density at radius 3 is 1.87 bits per heavy atom. The molecule has 38 heavy (non-hydrogen) atoms. The molecule has 1 aromatic carbocycles. The summed E-state index contributed by atoms with van der Waals surface area (Å²) in [5.41, 5.74) is 16.9. The zero-order chi connectivity index (χ0) is 28.8. The molecule has 4 unspecified atom stereocenters. The molecule has 1 rings (SSSR count). The third kappa shape index (κ3) is 11.9. The van der Waals surface area contributed by atoms with Crippen LogP contribution in [-0.2, 0) is 35.2 Å². The number of benzene rings is 1. The Hall–Kier alpha value is -3.85. The predicted molar refractivity (Wildman–Crippen MR) is 138 cm³/mol. The first-order chi connectivity index (χ1) is 17.8. The third-order valence-corrected chi connectivity index (χ3v) is 5.95. The van der Waals surface area contributed by atoms with Gasteiger partial charge in [-0.1, -0.05) is 12.1 Å². The number of phenols is 1. The molecule has 0 aliphatic heterocycles. The lowest BCUT2D eigenvalue weighted by atomic mass is 10.0. The average Bonchev–Trinajstić information content (AvgIpc) is 2.84. The number of carboxylic acid groups (broad SMARTS) is 1. The van der Waals surface area contributed by atoms with Gasteiger partial charge in [0.05, 0.1) is 12.5 Å². The van der Waals surface area contributed by atoms with Crippen molar-refractivity contribution in [1.29, 1.82) is 0 Å². The molecule has 5 amide bonds. The predicted octanol–water partition coefficient (Wildman–Crippen LogP) is -2.30. The maximum absolute atomic E-state index is 13.1. The monoisotopic (exact) mass is 554 g/mol. The Morgan fingerprint density at radius 1 is 0.842 bits per heavy atom. The van der Waals surface area contributed by atoms with Gasteiger partial charge in [-0.15, -0.1) is 0 Å². The van der Waals surface area contributed by atoms with Crippen LogP contribution in [0.4, 0.5) is 0 Å². The summed E-state index contributed by atoms with van der Waals surface area (Å²) in [4.78, 5) is 72.4. The number of carbonyl (C=O) groups excluding carboxylic acids is 5. The van der Waals surface area contributed by atoms with Gasteiger partial charge in [-0.3, -0.25) is 24.0 Å². The molecule has 1 aromatic rings. The van der Waals surface area contributed by atoms with E-state index in [2.05, 4.69) is 16.0 Å². The number of carboxylic acids is 1. The second-order valence-corrected chi connectivity index (χ2v) is 9.44. The van der Waals surface area contributed by atoms with Crippen LogP contribution >= 0.6 is 11.8 Å². The number of aromatic hydroxyl groups is 1. The van der Waals surface area contributed by atoms with Crippen LogP contribution in [0.2, 0.25) is 0 Å². The molecular weight excluding hydrogens is 520 g/mol. The Kier molecular flexibility index (Phi) is 13.6. The summed E-state index contributed by atoms with van der Waals surface area (Å²) >= 11 is 1.36. The molecule has 0 heterocycles. The van der Waals surface area contributed by atoms with E-state index in [1.54, 1.807) is 18.4 Å². The zero-order valence-corrected chi connectivity index (χ0v) is 21.7. The summed E-state index contributed by atoms with van der Waals surface area (Å²) < 4.78 is 0.